The van der Waals surface area contributed by atoms with Crippen LogP contribution in [0.4, 0.5) is 0 Å². The van der Waals surface area contributed by atoms with Gasteiger partial charge in [0, 0.05) is 24.0 Å². The molecule has 0 aliphatic rings. The van der Waals surface area contributed by atoms with E-state index >= 15 is 0 Å². The Balaban J connectivity index is 2.17. The molecule has 21 heavy (non-hydrogen) atoms. The Hall–Kier alpha value is -1.29. The van der Waals surface area contributed by atoms with Crippen LogP contribution >= 0.6 is 15.9 Å². The highest BCUT2D eigenvalue weighted by Gasteiger charge is 2.19. The van der Waals surface area contributed by atoms with Crippen molar-refractivity contribution in [1.29, 1.82) is 0 Å². The monoisotopic (exact) mass is 373 g/mol. The molecule has 1 aromatic carbocycles. The van der Waals surface area contributed by atoms with E-state index < -0.39 is 10.0 Å². The molecule has 2 rings (SSSR count). The summed E-state index contributed by atoms with van der Waals surface area (Å²) in [4.78, 5) is 4.14. The van der Waals surface area contributed by atoms with Gasteiger partial charge in [-0.05, 0) is 40.0 Å². The molecule has 1 heterocycles. The molecule has 0 aliphatic heterocycles. The highest BCUT2D eigenvalue weighted by molar-refractivity contribution is 9.10. The van der Waals surface area contributed by atoms with E-state index in [4.69, 9.17) is 5.73 Å². The quantitative estimate of drug-likeness (QED) is 0.694. The Morgan fingerprint density at radius 3 is 2.81 bits per heavy atom. The second kappa shape index (κ2) is 6.65. The molecule has 0 bridgehead atoms. The SMILES string of the molecule is Cc1cc(CN)cc(S(=O)(=O)NCCc2ncn[nH]2)c1Br. The van der Waals surface area contributed by atoms with Gasteiger partial charge in [0.1, 0.15) is 12.2 Å². The predicted octanol–water partition coefficient (Wildman–Crippen LogP) is 0.855. The number of rotatable bonds is 6. The van der Waals surface area contributed by atoms with Gasteiger partial charge in [0.2, 0.25) is 10.0 Å². The molecule has 0 aliphatic carbocycles. The highest BCUT2D eigenvalue weighted by atomic mass is 79.9. The van der Waals surface area contributed by atoms with E-state index in [0.29, 0.717) is 16.7 Å². The van der Waals surface area contributed by atoms with Crippen molar-refractivity contribution in [3.8, 4) is 0 Å². The summed E-state index contributed by atoms with van der Waals surface area (Å²) in [5.41, 5.74) is 7.19. The zero-order chi connectivity index (χ0) is 15.5. The van der Waals surface area contributed by atoms with Gasteiger partial charge in [0.15, 0.2) is 0 Å². The number of hydrogen-bond donors (Lipinski definition) is 3. The molecule has 0 saturated carbocycles. The largest absolute Gasteiger partial charge is 0.326 e. The van der Waals surface area contributed by atoms with Gasteiger partial charge in [-0.3, -0.25) is 5.10 Å². The van der Waals surface area contributed by atoms with Gasteiger partial charge in [-0.1, -0.05) is 6.07 Å². The van der Waals surface area contributed by atoms with Gasteiger partial charge < -0.3 is 5.73 Å². The van der Waals surface area contributed by atoms with Crippen LogP contribution in [-0.4, -0.2) is 30.1 Å². The minimum Gasteiger partial charge on any atom is -0.326 e. The summed E-state index contributed by atoms with van der Waals surface area (Å²) in [6, 6.07) is 3.44. The fourth-order valence-corrected chi connectivity index (χ4v) is 3.95. The third-order valence-corrected chi connectivity index (χ3v) is 5.73. The van der Waals surface area contributed by atoms with Crippen molar-refractivity contribution in [3.05, 3.63) is 39.9 Å². The van der Waals surface area contributed by atoms with Crippen molar-refractivity contribution >= 4 is 26.0 Å². The Labute approximate surface area is 131 Å². The number of halogens is 1. The number of nitrogens with zero attached hydrogens (tertiary/aromatic N) is 2. The van der Waals surface area contributed by atoms with Gasteiger partial charge in [0.05, 0.1) is 4.90 Å². The lowest BCUT2D eigenvalue weighted by molar-refractivity contribution is 0.580. The third kappa shape index (κ3) is 3.88. The molecular weight excluding hydrogens is 358 g/mol. The number of nitrogens with two attached hydrogens (primary N) is 1. The smallest absolute Gasteiger partial charge is 0.241 e. The molecule has 2 aromatic rings. The first-order valence-electron chi connectivity index (χ1n) is 6.27. The minimum absolute atomic E-state index is 0.195. The van der Waals surface area contributed by atoms with Crippen LogP contribution in [0.1, 0.15) is 17.0 Å². The van der Waals surface area contributed by atoms with Crippen LogP contribution < -0.4 is 10.5 Å². The van der Waals surface area contributed by atoms with Crippen molar-refractivity contribution < 1.29 is 8.42 Å². The molecule has 0 fully saturated rings. The first-order chi connectivity index (χ1) is 9.94. The fourth-order valence-electron chi connectivity index (χ4n) is 1.86. The lowest BCUT2D eigenvalue weighted by Gasteiger charge is -2.11. The van der Waals surface area contributed by atoms with Gasteiger partial charge in [-0.2, -0.15) is 5.10 Å². The van der Waals surface area contributed by atoms with Gasteiger partial charge in [-0.25, -0.2) is 18.1 Å². The third-order valence-electron chi connectivity index (χ3n) is 2.92. The van der Waals surface area contributed by atoms with Crippen LogP contribution in [0.15, 0.2) is 27.8 Å². The second-order valence-electron chi connectivity index (χ2n) is 4.51. The first-order valence-corrected chi connectivity index (χ1v) is 8.54. The maximum Gasteiger partial charge on any atom is 0.241 e. The van der Waals surface area contributed by atoms with E-state index in [1.165, 1.54) is 6.33 Å². The molecule has 1 aromatic heterocycles. The van der Waals surface area contributed by atoms with Crippen molar-refractivity contribution in [1.82, 2.24) is 19.9 Å². The van der Waals surface area contributed by atoms with Crippen molar-refractivity contribution in [2.75, 3.05) is 6.54 Å². The molecule has 0 atom stereocenters. The summed E-state index contributed by atoms with van der Waals surface area (Å²) >= 11 is 3.32. The maximum absolute atomic E-state index is 12.4. The molecular formula is C12H16BrN5O2S. The minimum atomic E-state index is -3.61. The average Bonchev–Trinajstić information content (AvgIpc) is 2.94. The van der Waals surface area contributed by atoms with Crippen LogP contribution in [0.25, 0.3) is 0 Å². The molecule has 9 heteroatoms. The Bertz CT molecular complexity index is 715. The molecule has 7 nitrogen and oxygen atoms in total. The molecule has 0 radical (unpaired) electrons. The summed E-state index contributed by atoms with van der Waals surface area (Å²) < 4.78 is 27.8. The zero-order valence-corrected chi connectivity index (χ0v) is 13.8. The topological polar surface area (TPSA) is 114 Å². The van der Waals surface area contributed by atoms with E-state index in [9.17, 15) is 8.42 Å². The lowest BCUT2D eigenvalue weighted by atomic mass is 10.1. The van der Waals surface area contributed by atoms with E-state index in [-0.39, 0.29) is 18.0 Å². The molecule has 4 N–H and O–H groups in total. The summed E-state index contributed by atoms with van der Waals surface area (Å²) in [5, 5.41) is 6.39. The molecule has 114 valence electrons. The molecule has 0 spiro atoms. The Morgan fingerprint density at radius 1 is 1.43 bits per heavy atom. The normalized spacial score (nSPS) is 11.8. The van der Waals surface area contributed by atoms with Crippen molar-refractivity contribution in [2.45, 2.75) is 24.8 Å². The van der Waals surface area contributed by atoms with E-state index in [2.05, 4.69) is 35.8 Å². The van der Waals surface area contributed by atoms with E-state index in [1.54, 1.807) is 6.07 Å². The summed E-state index contributed by atoms with van der Waals surface area (Å²) in [6.07, 6.45) is 1.82. The number of aromatic amines is 1. The van der Waals surface area contributed by atoms with Crippen LogP contribution in [0.5, 0.6) is 0 Å². The number of hydrogen-bond acceptors (Lipinski definition) is 5. The second-order valence-corrected chi connectivity index (χ2v) is 7.04. The Kier molecular flexibility index (Phi) is 5.09. The number of H-pyrrole nitrogens is 1. The first kappa shape index (κ1) is 16.1. The number of sulfonamides is 1. The summed E-state index contributed by atoms with van der Waals surface area (Å²) in [6.45, 7) is 2.35. The van der Waals surface area contributed by atoms with E-state index in [0.717, 1.165) is 11.1 Å². The predicted molar refractivity (Wildman–Crippen MR) is 82.0 cm³/mol. The standard InChI is InChI=1S/C12H16BrN5O2S/c1-8-4-9(6-14)5-10(12(8)13)21(19,20)17-3-2-11-15-7-16-18-11/h4-5,7,17H,2-3,6,14H2,1H3,(H,15,16,18). The number of aromatic nitrogens is 3. The van der Waals surface area contributed by atoms with E-state index in [1.807, 2.05) is 13.0 Å². The number of aryl methyl sites for hydroxylation is 1. The number of benzene rings is 1. The average molecular weight is 374 g/mol. The molecule has 0 amide bonds. The van der Waals surface area contributed by atoms with Crippen molar-refractivity contribution in [2.24, 2.45) is 5.73 Å². The Morgan fingerprint density at radius 2 is 2.19 bits per heavy atom. The molecule has 0 unspecified atom stereocenters. The fraction of sp³-hybridized carbons (Fsp3) is 0.333. The highest BCUT2D eigenvalue weighted by Crippen LogP contribution is 2.27. The molecule has 0 saturated heterocycles. The van der Waals surface area contributed by atoms with Gasteiger partial charge in [-0.15, -0.1) is 0 Å². The summed E-state index contributed by atoms with van der Waals surface area (Å²) in [5.74, 6) is 0.628. The summed E-state index contributed by atoms with van der Waals surface area (Å²) in [7, 11) is -3.61. The van der Waals surface area contributed by atoms with Crippen LogP contribution in [0, 0.1) is 6.92 Å². The van der Waals surface area contributed by atoms with Gasteiger partial charge in [0.25, 0.3) is 0 Å². The maximum atomic E-state index is 12.4. The zero-order valence-electron chi connectivity index (χ0n) is 11.4. The van der Waals surface area contributed by atoms with Crippen LogP contribution in [0.3, 0.4) is 0 Å². The van der Waals surface area contributed by atoms with Crippen molar-refractivity contribution in [3.63, 3.8) is 0 Å². The number of nitrogens with one attached hydrogen (secondary N) is 2. The van der Waals surface area contributed by atoms with Gasteiger partial charge >= 0.3 is 0 Å². The lowest BCUT2D eigenvalue weighted by Crippen LogP contribution is -2.27. The van der Waals surface area contributed by atoms with Crippen LogP contribution in [-0.2, 0) is 23.0 Å². The van der Waals surface area contributed by atoms with Crippen LogP contribution in [0.2, 0.25) is 0 Å².